The third-order valence-electron chi connectivity index (χ3n) is 5.63. The summed E-state index contributed by atoms with van der Waals surface area (Å²) < 4.78 is 0. The van der Waals surface area contributed by atoms with Crippen LogP contribution in [-0.4, -0.2) is 50.1 Å². The Labute approximate surface area is 165 Å². The molecule has 28 heavy (non-hydrogen) atoms. The van der Waals surface area contributed by atoms with Gasteiger partial charge in [-0.3, -0.25) is 4.79 Å². The molecule has 0 spiro atoms. The first-order valence-corrected chi connectivity index (χ1v) is 9.83. The van der Waals surface area contributed by atoms with Crippen LogP contribution in [0.5, 0.6) is 0 Å². The number of carbonyl (C=O) groups is 2. The van der Waals surface area contributed by atoms with Crippen molar-refractivity contribution >= 4 is 23.3 Å². The van der Waals surface area contributed by atoms with Crippen LogP contribution in [0.4, 0.5) is 16.2 Å². The van der Waals surface area contributed by atoms with E-state index >= 15 is 0 Å². The number of urea groups is 1. The van der Waals surface area contributed by atoms with Gasteiger partial charge in [0.1, 0.15) is 0 Å². The summed E-state index contributed by atoms with van der Waals surface area (Å²) >= 11 is 0. The summed E-state index contributed by atoms with van der Waals surface area (Å²) in [5, 5.41) is 3.00. The van der Waals surface area contributed by atoms with Crippen molar-refractivity contribution in [2.45, 2.75) is 19.4 Å². The molecule has 1 saturated heterocycles. The van der Waals surface area contributed by atoms with Crippen LogP contribution < -0.4 is 15.1 Å². The molecule has 2 aliphatic rings. The molecule has 2 aliphatic heterocycles. The molecule has 1 N–H and O–H groups in total. The Morgan fingerprint density at radius 3 is 2.50 bits per heavy atom. The second-order valence-corrected chi connectivity index (χ2v) is 7.38. The number of amides is 3. The molecule has 3 amide bonds. The van der Waals surface area contributed by atoms with Gasteiger partial charge in [-0.05, 0) is 35.7 Å². The van der Waals surface area contributed by atoms with Gasteiger partial charge in [0.05, 0.1) is 0 Å². The van der Waals surface area contributed by atoms with Crippen LogP contribution in [0, 0.1) is 0 Å². The Balaban J connectivity index is 1.33. The summed E-state index contributed by atoms with van der Waals surface area (Å²) in [4.78, 5) is 30.2. The molecule has 4 rings (SSSR count). The summed E-state index contributed by atoms with van der Waals surface area (Å²) in [7, 11) is 1.84. The molecule has 0 radical (unpaired) electrons. The third kappa shape index (κ3) is 3.81. The van der Waals surface area contributed by atoms with Gasteiger partial charge in [-0.2, -0.15) is 0 Å². The lowest BCUT2D eigenvalue weighted by molar-refractivity contribution is -0.118. The number of anilines is 2. The van der Waals surface area contributed by atoms with Crippen LogP contribution in [0.15, 0.2) is 48.5 Å². The maximum Gasteiger partial charge on any atom is 0.317 e. The number of hydrogen-bond acceptors (Lipinski definition) is 3. The molecule has 2 aromatic carbocycles. The third-order valence-corrected chi connectivity index (χ3v) is 5.63. The van der Waals surface area contributed by atoms with Gasteiger partial charge in [-0.1, -0.05) is 30.3 Å². The molecule has 146 valence electrons. The number of nitrogens with one attached hydrogen (secondary N) is 1. The number of benzene rings is 2. The lowest BCUT2D eigenvalue weighted by Crippen LogP contribution is -2.51. The van der Waals surface area contributed by atoms with E-state index in [1.165, 1.54) is 11.3 Å². The zero-order valence-electron chi connectivity index (χ0n) is 16.2. The molecule has 2 heterocycles. The minimum atomic E-state index is -0.00548. The molecule has 0 bridgehead atoms. The highest BCUT2D eigenvalue weighted by molar-refractivity contribution is 5.96. The van der Waals surface area contributed by atoms with Crippen molar-refractivity contribution in [2.75, 3.05) is 43.0 Å². The topological polar surface area (TPSA) is 55.9 Å². The normalized spacial score (nSPS) is 16.8. The minimum absolute atomic E-state index is 0.00548. The fourth-order valence-corrected chi connectivity index (χ4v) is 3.89. The molecule has 2 aromatic rings. The summed E-state index contributed by atoms with van der Waals surface area (Å²) in [6.45, 7) is 3.59. The molecule has 0 aromatic heterocycles. The molecule has 0 atom stereocenters. The van der Waals surface area contributed by atoms with E-state index in [2.05, 4.69) is 22.3 Å². The van der Waals surface area contributed by atoms with E-state index in [1.54, 1.807) is 4.90 Å². The fraction of sp³-hybridized carbons (Fsp3) is 0.364. The Hall–Kier alpha value is -3.02. The molecule has 0 saturated carbocycles. The van der Waals surface area contributed by atoms with Gasteiger partial charge in [-0.25, -0.2) is 4.79 Å². The first kappa shape index (κ1) is 18.3. The fourth-order valence-electron chi connectivity index (χ4n) is 3.89. The van der Waals surface area contributed by atoms with E-state index in [9.17, 15) is 9.59 Å². The zero-order chi connectivity index (χ0) is 19.5. The molecule has 0 unspecified atom stereocenters. The van der Waals surface area contributed by atoms with Gasteiger partial charge in [-0.15, -0.1) is 0 Å². The van der Waals surface area contributed by atoms with Gasteiger partial charge < -0.3 is 20.0 Å². The van der Waals surface area contributed by atoms with Gasteiger partial charge >= 0.3 is 6.03 Å². The number of nitrogens with zero attached hydrogens (tertiary/aromatic N) is 3. The summed E-state index contributed by atoms with van der Waals surface area (Å²) in [6.07, 6.45) is 1.37. The summed E-state index contributed by atoms with van der Waals surface area (Å²) in [5.41, 5.74) is 4.51. The number of aryl methyl sites for hydroxylation is 1. The minimum Gasteiger partial charge on any atom is -0.368 e. The monoisotopic (exact) mass is 378 g/mol. The van der Waals surface area contributed by atoms with E-state index in [0.717, 1.165) is 30.8 Å². The van der Waals surface area contributed by atoms with Crippen LogP contribution in [-0.2, 0) is 17.8 Å². The van der Waals surface area contributed by atoms with E-state index in [-0.39, 0.29) is 11.9 Å². The molecule has 0 aliphatic carbocycles. The predicted molar refractivity (Wildman–Crippen MR) is 111 cm³/mol. The van der Waals surface area contributed by atoms with E-state index < -0.39 is 0 Å². The number of carbonyl (C=O) groups excluding carboxylic acids is 2. The summed E-state index contributed by atoms with van der Waals surface area (Å²) in [6, 6.07) is 16.3. The molecule has 6 heteroatoms. The second kappa shape index (κ2) is 7.92. The van der Waals surface area contributed by atoms with E-state index in [0.29, 0.717) is 26.1 Å². The number of piperazine rings is 1. The van der Waals surface area contributed by atoms with Crippen molar-refractivity contribution in [1.82, 2.24) is 10.2 Å². The smallest absolute Gasteiger partial charge is 0.317 e. The van der Waals surface area contributed by atoms with Crippen molar-refractivity contribution in [3.05, 3.63) is 59.7 Å². The summed E-state index contributed by atoms with van der Waals surface area (Å²) in [5.74, 6) is 0.176. The van der Waals surface area contributed by atoms with Gasteiger partial charge in [0.2, 0.25) is 5.91 Å². The Bertz CT molecular complexity index is 860. The lowest BCUT2D eigenvalue weighted by atomic mass is 10.0. The highest BCUT2D eigenvalue weighted by atomic mass is 16.2. The maximum atomic E-state index is 12.4. The quantitative estimate of drug-likeness (QED) is 0.893. The first-order valence-electron chi connectivity index (χ1n) is 9.83. The van der Waals surface area contributed by atoms with Gasteiger partial charge in [0.15, 0.2) is 0 Å². The highest BCUT2D eigenvalue weighted by Crippen LogP contribution is 2.31. The van der Waals surface area contributed by atoms with E-state index in [4.69, 9.17) is 0 Å². The lowest BCUT2D eigenvalue weighted by Gasteiger charge is -2.37. The van der Waals surface area contributed by atoms with Crippen molar-refractivity contribution < 1.29 is 9.59 Å². The Kier molecular flexibility index (Phi) is 5.19. The van der Waals surface area contributed by atoms with Crippen LogP contribution in [0.25, 0.3) is 0 Å². The SMILES string of the molecule is CN1C(=O)CCc2cc(N3CCN(C(=O)NCc4ccccc4)CC3)ccc21. The van der Waals surface area contributed by atoms with E-state index in [1.807, 2.05) is 48.3 Å². The second-order valence-electron chi connectivity index (χ2n) is 7.38. The van der Waals surface area contributed by atoms with Gasteiger partial charge in [0.25, 0.3) is 0 Å². The number of fused-ring (bicyclic) bond motifs is 1. The average molecular weight is 378 g/mol. The van der Waals surface area contributed by atoms with Crippen molar-refractivity contribution in [1.29, 1.82) is 0 Å². The predicted octanol–water partition coefficient (Wildman–Crippen LogP) is 2.63. The van der Waals surface area contributed by atoms with Gasteiger partial charge in [0, 0.05) is 57.6 Å². The molecular formula is C22H26N4O2. The Morgan fingerprint density at radius 2 is 1.75 bits per heavy atom. The first-order chi connectivity index (χ1) is 13.6. The maximum absolute atomic E-state index is 12.4. The molecule has 6 nitrogen and oxygen atoms in total. The van der Waals surface area contributed by atoms with Crippen molar-refractivity contribution in [3.8, 4) is 0 Å². The highest BCUT2D eigenvalue weighted by Gasteiger charge is 2.24. The standard InChI is InChI=1S/C22H26N4O2/c1-24-20-9-8-19(15-18(20)7-10-21(24)27)25-11-13-26(14-12-25)22(28)23-16-17-5-3-2-4-6-17/h2-6,8-9,15H,7,10-14,16H2,1H3,(H,23,28). The number of rotatable bonds is 3. The number of hydrogen-bond donors (Lipinski definition) is 1. The van der Waals surface area contributed by atoms with Crippen LogP contribution in [0.1, 0.15) is 17.5 Å². The Morgan fingerprint density at radius 1 is 1.00 bits per heavy atom. The van der Waals surface area contributed by atoms with Crippen LogP contribution >= 0.6 is 0 Å². The largest absolute Gasteiger partial charge is 0.368 e. The average Bonchev–Trinajstić information content (AvgIpc) is 2.75. The molecular weight excluding hydrogens is 352 g/mol. The van der Waals surface area contributed by atoms with Crippen molar-refractivity contribution in [2.24, 2.45) is 0 Å². The molecule has 1 fully saturated rings. The van der Waals surface area contributed by atoms with Crippen molar-refractivity contribution in [3.63, 3.8) is 0 Å². The van der Waals surface area contributed by atoms with Crippen LogP contribution in [0.2, 0.25) is 0 Å². The zero-order valence-corrected chi connectivity index (χ0v) is 16.2. The van der Waals surface area contributed by atoms with Crippen LogP contribution in [0.3, 0.4) is 0 Å².